The highest BCUT2D eigenvalue weighted by atomic mass is 16.2. The number of aromatic nitrogens is 2. The first-order valence-electron chi connectivity index (χ1n) is 10.7. The molecule has 5 heteroatoms. The van der Waals surface area contributed by atoms with Crippen molar-refractivity contribution in [3.63, 3.8) is 0 Å². The second kappa shape index (κ2) is 9.08. The number of amides is 1. The molecule has 1 aromatic heterocycles. The van der Waals surface area contributed by atoms with Crippen molar-refractivity contribution in [2.24, 2.45) is 5.92 Å². The molecular weight excluding hydrogens is 372 g/mol. The van der Waals surface area contributed by atoms with E-state index >= 15 is 0 Å². The standard InChI is InChI=1S/C25H28N4O/c1-3-29(22-13-7-9-19(2)17-22)25(30)21-12-8-16-28(18-21)24-15-14-23(26-27-24)20-10-5-4-6-11-20/h4-7,9-11,13-15,17,21H,3,8,12,16,18H2,1-2H3. The molecule has 1 unspecified atom stereocenters. The van der Waals surface area contributed by atoms with Gasteiger partial charge in [-0.1, -0.05) is 42.5 Å². The van der Waals surface area contributed by atoms with Gasteiger partial charge in [-0.15, -0.1) is 10.2 Å². The van der Waals surface area contributed by atoms with Gasteiger partial charge in [0.05, 0.1) is 11.6 Å². The fraction of sp³-hybridized carbons (Fsp3) is 0.320. The van der Waals surface area contributed by atoms with Crippen LogP contribution in [0.5, 0.6) is 0 Å². The molecule has 30 heavy (non-hydrogen) atoms. The van der Waals surface area contributed by atoms with Crippen molar-refractivity contribution >= 4 is 17.4 Å². The van der Waals surface area contributed by atoms with Gasteiger partial charge in [0.2, 0.25) is 5.91 Å². The van der Waals surface area contributed by atoms with Crippen LogP contribution < -0.4 is 9.80 Å². The summed E-state index contributed by atoms with van der Waals surface area (Å²) in [5.41, 5.74) is 4.06. The lowest BCUT2D eigenvalue weighted by molar-refractivity contribution is -0.122. The normalized spacial score (nSPS) is 16.3. The Hall–Kier alpha value is -3.21. The van der Waals surface area contributed by atoms with Crippen LogP contribution >= 0.6 is 0 Å². The van der Waals surface area contributed by atoms with E-state index in [4.69, 9.17) is 0 Å². The first-order chi connectivity index (χ1) is 14.7. The lowest BCUT2D eigenvalue weighted by Crippen LogP contribution is -2.45. The molecule has 0 saturated carbocycles. The molecule has 3 aromatic rings. The highest BCUT2D eigenvalue weighted by Gasteiger charge is 2.30. The Morgan fingerprint density at radius 3 is 2.60 bits per heavy atom. The van der Waals surface area contributed by atoms with Gasteiger partial charge in [0.1, 0.15) is 0 Å². The minimum absolute atomic E-state index is 0.0326. The molecule has 5 nitrogen and oxygen atoms in total. The molecule has 0 aliphatic carbocycles. The zero-order valence-electron chi connectivity index (χ0n) is 17.7. The van der Waals surface area contributed by atoms with Gasteiger partial charge >= 0.3 is 0 Å². The van der Waals surface area contributed by atoms with Crippen LogP contribution in [0.4, 0.5) is 11.5 Å². The Kier molecular flexibility index (Phi) is 6.07. The summed E-state index contributed by atoms with van der Waals surface area (Å²) in [6.07, 6.45) is 1.89. The predicted octanol–water partition coefficient (Wildman–Crippen LogP) is 4.72. The summed E-state index contributed by atoms with van der Waals surface area (Å²) in [5.74, 6) is 1.00. The maximum absolute atomic E-state index is 13.3. The van der Waals surface area contributed by atoms with Gasteiger partial charge in [0, 0.05) is 30.9 Å². The third-order valence-electron chi connectivity index (χ3n) is 5.71. The maximum Gasteiger partial charge on any atom is 0.231 e. The van der Waals surface area contributed by atoms with Gasteiger partial charge in [-0.2, -0.15) is 0 Å². The maximum atomic E-state index is 13.3. The molecule has 0 spiro atoms. The van der Waals surface area contributed by atoms with E-state index in [0.29, 0.717) is 13.1 Å². The zero-order valence-corrected chi connectivity index (χ0v) is 17.7. The van der Waals surface area contributed by atoms with Crippen molar-refractivity contribution in [3.8, 4) is 11.3 Å². The largest absolute Gasteiger partial charge is 0.354 e. The van der Waals surface area contributed by atoms with E-state index in [2.05, 4.69) is 34.2 Å². The van der Waals surface area contributed by atoms with Gasteiger partial charge in [-0.25, -0.2) is 0 Å². The molecule has 0 radical (unpaired) electrons. The van der Waals surface area contributed by atoms with E-state index < -0.39 is 0 Å². The fourth-order valence-electron chi connectivity index (χ4n) is 4.13. The van der Waals surface area contributed by atoms with Crippen LogP contribution in [0, 0.1) is 12.8 Å². The number of benzene rings is 2. The molecule has 154 valence electrons. The van der Waals surface area contributed by atoms with Gasteiger partial charge in [0.25, 0.3) is 0 Å². The van der Waals surface area contributed by atoms with Crippen LogP contribution in [0.2, 0.25) is 0 Å². The van der Waals surface area contributed by atoms with Crippen molar-refractivity contribution in [2.75, 3.05) is 29.4 Å². The van der Waals surface area contributed by atoms with Crippen LogP contribution in [0.15, 0.2) is 66.7 Å². The molecular formula is C25H28N4O. The molecule has 1 aliphatic heterocycles. The quantitative estimate of drug-likeness (QED) is 0.622. The molecule has 2 heterocycles. The highest BCUT2D eigenvalue weighted by Crippen LogP contribution is 2.26. The van der Waals surface area contributed by atoms with E-state index in [-0.39, 0.29) is 11.8 Å². The molecule has 1 amide bonds. The minimum atomic E-state index is -0.0326. The van der Waals surface area contributed by atoms with E-state index in [0.717, 1.165) is 47.7 Å². The lowest BCUT2D eigenvalue weighted by atomic mass is 9.96. The van der Waals surface area contributed by atoms with Crippen molar-refractivity contribution in [3.05, 3.63) is 72.3 Å². The molecule has 4 rings (SSSR count). The number of nitrogens with zero attached hydrogens (tertiary/aromatic N) is 4. The summed E-state index contributed by atoms with van der Waals surface area (Å²) >= 11 is 0. The number of hydrogen-bond acceptors (Lipinski definition) is 4. The highest BCUT2D eigenvalue weighted by molar-refractivity contribution is 5.95. The van der Waals surface area contributed by atoms with Crippen LogP contribution in [-0.2, 0) is 4.79 Å². The summed E-state index contributed by atoms with van der Waals surface area (Å²) in [6.45, 7) is 6.35. The average molecular weight is 401 g/mol. The predicted molar refractivity (Wildman–Crippen MR) is 122 cm³/mol. The van der Waals surface area contributed by atoms with Crippen LogP contribution in [0.3, 0.4) is 0 Å². The van der Waals surface area contributed by atoms with E-state index in [9.17, 15) is 4.79 Å². The summed E-state index contributed by atoms with van der Waals surface area (Å²) in [6, 6.07) is 22.2. The number of anilines is 2. The van der Waals surface area contributed by atoms with Gasteiger partial charge in [-0.3, -0.25) is 4.79 Å². The molecule has 1 saturated heterocycles. The van der Waals surface area contributed by atoms with E-state index in [1.54, 1.807) is 0 Å². The number of carbonyl (C=O) groups excluding carboxylic acids is 1. The first kappa shape index (κ1) is 20.1. The van der Waals surface area contributed by atoms with E-state index in [1.807, 2.05) is 66.4 Å². The number of piperidine rings is 1. The molecule has 1 aliphatic rings. The van der Waals surface area contributed by atoms with Gasteiger partial charge in [0.15, 0.2) is 5.82 Å². The second-order valence-electron chi connectivity index (χ2n) is 7.85. The molecule has 2 aromatic carbocycles. The molecule has 1 atom stereocenters. The van der Waals surface area contributed by atoms with Crippen molar-refractivity contribution < 1.29 is 4.79 Å². The summed E-state index contributed by atoms with van der Waals surface area (Å²) in [7, 11) is 0. The van der Waals surface area contributed by atoms with Gasteiger partial charge in [-0.05, 0) is 56.5 Å². The third kappa shape index (κ3) is 4.35. The van der Waals surface area contributed by atoms with Crippen molar-refractivity contribution in [1.82, 2.24) is 10.2 Å². The lowest BCUT2D eigenvalue weighted by Gasteiger charge is -2.35. The zero-order chi connectivity index (χ0) is 20.9. The molecule has 0 bridgehead atoms. The average Bonchev–Trinajstić information content (AvgIpc) is 2.80. The monoisotopic (exact) mass is 400 g/mol. The topological polar surface area (TPSA) is 49.3 Å². The summed E-state index contributed by atoms with van der Waals surface area (Å²) in [4.78, 5) is 17.4. The Balaban J connectivity index is 1.48. The van der Waals surface area contributed by atoms with Crippen molar-refractivity contribution in [1.29, 1.82) is 0 Å². The fourth-order valence-corrected chi connectivity index (χ4v) is 4.13. The number of aryl methyl sites for hydroxylation is 1. The van der Waals surface area contributed by atoms with Crippen LogP contribution in [-0.4, -0.2) is 35.7 Å². The SMILES string of the molecule is CCN(C(=O)C1CCCN(c2ccc(-c3ccccc3)nn2)C1)c1cccc(C)c1. The Morgan fingerprint density at radius 1 is 1.07 bits per heavy atom. The Morgan fingerprint density at radius 2 is 1.90 bits per heavy atom. The summed E-state index contributed by atoms with van der Waals surface area (Å²) < 4.78 is 0. The minimum Gasteiger partial charge on any atom is -0.354 e. The smallest absolute Gasteiger partial charge is 0.231 e. The first-order valence-corrected chi connectivity index (χ1v) is 10.7. The molecule has 0 N–H and O–H groups in total. The number of hydrogen-bond donors (Lipinski definition) is 0. The Labute approximate surface area is 178 Å². The second-order valence-corrected chi connectivity index (χ2v) is 7.85. The third-order valence-corrected chi connectivity index (χ3v) is 5.71. The van der Waals surface area contributed by atoms with Gasteiger partial charge < -0.3 is 9.80 Å². The summed E-state index contributed by atoms with van der Waals surface area (Å²) in [5, 5.41) is 8.87. The molecule has 1 fully saturated rings. The van der Waals surface area contributed by atoms with Crippen LogP contribution in [0.1, 0.15) is 25.3 Å². The Bertz CT molecular complexity index is 988. The number of rotatable bonds is 5. The van der Waals surface area contributed by atoms with Crippen LogP contribution in [0.25, 0.3) is 11.3 Å². The number of carbonyl (C=O) groups is 1. The van der Waals surface area contributed by atoms with E-state index in [1.165, 1.54) is 0 Å². The van der Waals surface area contributed by atoms with Crippen molar-refractivity contribution in [2.45, 2.75) is 26.7 Å².